The van der Waals surface area contributed by atoms with Gasteiger partial charge in [0.1, 0.15) is 11.6 Å². The number of fused-ring (bicyclic) bond motifs is 1. The lowest BCUT2D eigenvalue weighted by Crippen LogP contribution is -2.51. The summed E-state index contributed by atoms with van der Waals surface area (Å²) < 4.78 is 69.3. The van der Waals surface area contributed by atoms with E-state index in [4.69, 9.17) is 16.3 Å². The third kappa shape index (κ3) is 8.69. The Morgan fingerprint density at radius 3 is 2.33 bits per heavy atom. The van der Waals surface area contributed by atoms with Crippen LogP contribution in [0.5, 0.6) is 0 Å². The Balaban J connectivity index is 1.99. The summed E-state index contributed by atoms with van der Waals surface area (Å²) in [4.78, 5) is 39.9. The zero-order valence-corrected chi connectivity index (χ0v) is 23.8. The summed E-state index contributed by atoms with van der Waals surface area (Å²) in [5.41, 5.74) is -0.344. The molecule has 1 atom stereocenters. The molecule has 3 rings (SSSR count). The molecule has 40 heavy (non-hydrogen) atoms. The first-order chi connectivity index (χ1) is 18.4. The predicted octanol–water partition coefficient (Wildman–Crippen LogP) is 5.86. The van der Waals surface area contributed by atoms with Gasteiger partial charge in [0.2, 0.25) is 0 Å². The second-order valence-corrected chi connectivity index (χ2v) is 12.9. The Bertz CT molecular complexity index is 1370. The van der Waals surface area contributed by atoms with Crippen LogP contribution in [0.4, 0.5) is 23.7 Å². The van der Waals surface area contributed by atoms with Crippen LogP contribution in [0.3, 0.4) is 0 Å². The van der Waals surface area contributed by atoms with Crippen molar-refractivity contribution in [1.82, 2.24) is 5.32 Å². The number of unbranched alkanes of at least 4 members (excludes halogenated alkanes) is 1. The first kappa shape index (κ1) is 31.4. The average molecular weight is 603 g/mol. The lowest BCUT2D eigenvalue weighted by Gasteiger charge is -2.27. The van der Waals surface area contributed by atoms with E-state index < -0.39 is 57.6 Å². The van der Waals surface area contributed by atoms with Gasteiger partial charge in [0.05, 0.1) is 22.9 Å². The van der Waals surface area contributed by atoms with Crippen LogP contribution in [0, 0.1) is 0 Å². The molecule has 2 aromatic carbocycles. The number of ketones is 1. The van der Waals surface area contributed by atoms with E-state index in [1.807, 2.05) is 0 Å². The summed E-state index contributed by atoms with van der Waals surface area (Å²) in [6.07, 6.45) is -6.74. The Kier molecular flexibility index (Phi) is 9.56. The molecule has 0 radical (unpaired) electrons. The second kappa shape index (κ2) is 12.2. The highest BCUT2D eigenvalue weighted by Gasteiger charge is 2.39. The van der Waals surface area contributed by atoms with Gasteiger partial charge in [0, 0.05) is 23.4 Å². The fourth-order valence-corrected chi connectivity index (χ4v) is 5.83. The van der Waals surface area contributed by atoms with Crippen LogP contribution in [0.15, 0.2) is 47.4 Å². The molecule has 1 N–H and O–H groups in total. The lowest BCUT2D eigenvalue weighted by atomic mass is 10.0. The van der Waals surface area contributed by atoms with Gasteiger partial charge in [0.15, 0.2) is 15.6 Å². The van der Waals surface area contributed by atoms with Crippen molar-refractivity contribution in [3.63, 3.8) is 0 Å². The third-order valence-corrected chi connectivity index (χ3v) is 7.96. The number of ether oxygens (including phenoxy) is 1. The molecule has 0 spiro atoms. The highest BCUT2D eigenvalue weighted by Crippen LogP contribution is 2.34. The number of anilines is 1. The molecule has 1 aliphatic heterocycles. The van der Waals surface area contributed by atoms with Gasteiger partial charge in [-0.1, -0.05) is 23.7 Å². The maximum atomic E-state index is 13.7. The van der Waals surface area contributed by atoms with Gasteiger partial charge < -0.3 is 15.0 Å². The molecule has 0 aliphatic carbocycles. The Labute approximate surface area is 235 Å². The Hall–Kier alpha value is -3.12. The van der Waals surface area contributed by atoms with Gasteiger partial charge in [-0.05, 0) is 69.5 Å². The zero-order valence-electron chi connectivity index (χ0n) is 22.2. The molecular weight excluding hydrogens is 573 g/mol. The van der Waals surface area contributed by atoms with Crippen molar-refractivity contribution < 1.29 is 40.7 Å². The zero-order chi connectivity index (χ0) is 29.9. The maximum absolute atomic E-state index is 13.7. The number of rotatable bonds is 8. The fourth-order valence-electron chi connectivity index (χ4n) is 4.10. The molecule has 2 aromatic rings. The number of nitrogens with one attached hydrogen (secondary N) is 1. The third-order valence-electron chi connectivity index (χ3n) is 5.92. The first-order valence-corrected chi connectivity index (χ1v) is 14.5. The quantitative estimate of drug-likeness (QED) is 0.299. The number of alkyl halides is 3. The van der Waals surface area contributed by atoms with Crippen LogP contribution in [0.25, 0.3) is 0 Å². The fraction of sp³-hybridized carbons (Fsp3) is 0.444. The molecule has 0 fully saturated rings. The van der Waals surface area contributed by atoms with Crippen LogP contribution < -0.4 is 10.2 Å². The van der Waals surface area contributed by atoms with Gasteiger partial charge in [-0.2, -0.15) is 13.2 Å². The molecule has 0 saturated carbocycles. The van der Waals surface area contributed by atoms with Crippen molar-refractivity contribution >= 4 is 44.9 Å². The molecule has 0 unspecified atom stereocenters. The molecule has 1 heterocycles. The largest absolute Gasteiger partial charge is 0.444 e. The van der Waals surface area contributed by atoms with E-state index in [9.17, 15) is 36.0 Å². The van der Waals surface area contributed by atoms with Gasteiger partial charge in [-0.3, -0.25) is 9.59 Å². The predicted molar refractivity (Wildman–Crippen MR) is 143 cm³/mol. The number of amides is 2. The molecule has 0 bridgehead atoms. The van der Waals surface area contributed by atoms with Gasteiger partial charge in [-0.15, -0.1) is 0 Å². The summed E-state index contributed by atoms with van der Waals surface area (Å²) in [7, 11) is -4.15. The number of benzene rings is 2. The minimum atomic E-state index is -4.33. The summed E-state index contributed by atoms with van der Waals surface area (Å²) in [5, 5.41) is 2.79. The molecule has 1 aliphatic rings. The molecule has 0 saturated heterocycles. The molecular formula is C27H30ClF3N2O6S. The van der Waals surface area contributed by atoms with E-state index in [1.165, 1.54) is 18.2 Å². The second-order valence-electron chi connectivity index (χ2n) is 10.5. The van der Waals surface area contributed by atoms with Crippen molar-refractivity contribution in [2.24, 2.45) is 0 Å². The Morgan fingerprint density at radius 1 is 1.07 bits per heavy atom. The van der Waals surface area contributed by atoms with Crippen LogP contribution in [-0.4, -0.2) is 49.8 Å². The van der Waals surface area contributed by atoms with E-state index >= 15 is 0 Å². The molecule has 0 aromatic heterocycles. The first-order valence-electron chi connectivity index (χ1n) is 12.5. The van der Waals surface area contributed by atoms with Crippen molar-refractivity contribution in [2.45, 2.75) is 75.7 Å². The van der Waals surface area contributed by atoms with Gasteiger partial charge in [0.25, 0.3) is 5.91 Å². The highest BCUT2D eigenvalue weighted by molar-refractivity contribution is 7.91. The molecule has 218 valence electrons. The van der Waals surface area contributed by atoms with Crippen molar-refractivity contribution in [2.75, 3.05) is 10.7 Å². The van der Waals surface area contributed by atoms with E-state index in [2.05, 4.69) is 5.32 Å². The molecule has 2 amide bonds. The minimum absolute atomic E-state index is 0.0109. The molecule has 8 nitrogen and oxygen atoms in total. The minimum Gasteiger partial charge on any atom is -0.444 e. The van der Waals surface area contributed by atoms with Crippen LogP contribution >= 0.6 is 11.6 Å². The number of sulfone groups is 1. The number of Topliss-reactive ketones (excluding diaryl/α,β-unsaturated/α-hetero) is 1. The van der Waals surface area contributed by atoms with Crippen LogP contribution in [0.2, 0.25) is 5.02 Å². The monoisotopic (exact) mass is 602 g/mol. The summed E-state index contributed by atoms with van der Waals surface area (Å²) in [6.45, 7) is 4.72. The topological polar surface area (TPSA) is 110 Å². The van der Waals surface area contributed by atoms with Crippen molar-refractivity contribution in [1.29, 1.82) is 0 Å². The van der Waals surface area contributed by atoms with E-state index in [1.54, 1.807) is 45.0 Å². The van der Waals surface area contributed by atoms with Gasteiger partial charge in [-0.25, -0.2) is 13.2 Å². The van der Waals surface area contributed by atoms with E-state index in [-0.39, 0.29) is 42.0 Å². The number of carbonyl (C=O) groups is 3. The maximum Gasteiger partial charge on any atom is 0.408 e. The standard InChI is InChI=1S/C27H30ClF3N2O6S/c1-26(2,3)39-25(36)32-20-16-40(37,38)23-12-9-18(22(34)6-4-5-13-27(29,30)31)14-21(23)33(24(20)35)15-17-7-10-19(28)11-8-17/h7-12,14,20H,4-6,13,15-16H2,1-3H3,(H,32,36)/t20-/m0/s1. The number of hydrogen-bond acceptors (Lipinski definition) is 6. The van der Waals surface area contributed by atoms with E-state index in [0.717, 1.165) is 4.90 Å². The van der Waals surface area contributed by atoms with Crippen LogP contribution in [-0.2, 0) is 25.9 Å². The number of hydrogen-bond donors (Lipinski definition) is 1. The van der Waals surface area contributed by atoms with E-state index in [0.29, 0.717) is 10.6 Å². The van der Waals surface area contributed by atoms with Crippen molar-refractivity contribution in [3.8, 4) is 0 Å². The number of carbonyl (C=O) groups excluding carboxylic acids is 3. The lowest BCUT2D eigenvalue weighted by molar-refractivity contribution is -0.135. The number of halogens is 4. The number of alkyl carbamates (subject to hydrolysis) is 1. The molecule has 13 heteroatoms. The summed E-state index contributed by atoms with van der Waals surface area (Å²) in [6, 6.07) is 8.69. The van der Waals surface area contributed by atoms with Crippen molar-refractivity contribution in [3.05, 3.63) is 58.6 Å². The van der Waals surface area contributed by atoms with Crippen LogP contribution in [0.1, 0.15) is 62.4 Å². The smallest absolute Gasteiger partial charge is 0.408 e. The normalized spacial score (nSPS) is 17.1. The SMILES string of the molecule is CC(C)(C)OC(=O)N[C@H]1CS(=O)(=O)c2ccc(C(=O)CCCCC(F)(F)F)cc2N(Cc2ccc(Cl)cc2)C1=O. The van der Waals surface area contributed by atoms with Gasteiger partial charge >= 0.3 is 12.3 Å². The Morgan fingerprint density at radius 2 is 1.73 bits per heavy atom. The number of nitrogens with zero attached hydrogens (tertiary/aromatic N) is 1. The highest BCUT2D eigenvalue weighted by atomic mass is 35.5. The summed E-state index contributed by atoms with van der Waals surface area (Å²) >= 11 is 5.97. The summed E-state index contributed by atoms with van der Waals surface area (Å²) in [5.74, 6) is -1.99. The average Bonchev–Trinajstić information content (AvgIpc) is 2.89.